The second-order valence-electron chi connectivity index (χ2n) is 8.29. The van der Waals surface area contributed by atoms with Gasteiger partial charge in [-0.1, -0.05) is 36.4 Å². The highest BCUT2D eigenvalue weighted by Crippen LogP contribution is 2.30. The van der Waals surface area contributed by atoms with Crippen molar-refractivity contribution >= 4 is 22.6 Å². The highest BCUT2D eigenvalue weighted by molar-refractivity contribution is 5.91. The van der Waals surface area contributed by atoms with Crippen molar-refractivity contribution in [3.05, 3.63) is 92.3 Å². The Kier molecular flexibility index (Phi) is 6.82. The molecule has 0 saturated heterocycles. The molecular weight excluding hydrogens is 475 g/mol. The molecular formula is C25H24F3N5O3. The smallest absolute Gasteiger partial charge is 0.325 e. The van der Waals surface area contributed by atoms with Gasteiger partial charge in [-0.3, -0.25) is 23.4 Å². The fourth-order valence-corrected chi connectivity index (χ4v) is 4.14. The minimum Gasteiger partial charge on any atom is -0.325 e. The van der Waals surface area contributed by atoms with Crippen LogP contribution in [0.25, 0.3) is 11.0 Å². The van der Waals surface area contributed by atoms with E-state index in [0.717, 1.165) is 26.8 Å². The quantitative estimate of drug-likeness (QED) is 0.421. The third-order valence-corrected chi connectivity index (χ3v) is 5.82. The van der Waals surface area contributed by atoms with Crippen molar-refractivity contribution in [3.8, 4) is 0 Å². The predicted molar refractivity (Wildman–Crippen MR) is 129 cm³/mol. The maximum absolute atomic E-state index is 13.4. The molecule has 0 fully saturated rings. The van der Waals surface area contributed by atoms with Gasteiger partial charge in [-0.15, -0.1) is 0 Å². The molecule has 0 aliphatic heterocycles. The summed E-state index contributed by atoms with van der Waals surface area (Å²) < 4.78 is 42.8. The van der Waals surface area contributed by atoms with E-state index in [1.54, 1.807) is 13.8 Å². The van der Waals surface area contributed by atoms with Crippen molar-refractivity contribution < 1.29 is 18.0 Å². The molecule has 2 aromatic carbocycles. The van der Waals surface area contributed by atoms with E-state index in [-0.39, 0.29) is 23.3 Å². The lowest BCUT2D eigenvalue weighted by Gasteiger charge is -2.14. The molecule has 0 aliphatic carbocycles. The zero-order valence-corrected chi connectivity index (χ0v) is 19.7. The van der Waals surface area contributed by atoms with Crippen LogP contribution in [0.2, 0.25) is 0 Å². The van der Waals surface area contributed by atoms with Gasteiger partial charge in [0.2, 0.25) is 5.91 Å². The van der Waals surface area contributed by atoms with Crippen molar-refractivity contribution in [2.24, 2.45) is 0 Å². The van der Waals surface area contributed by atoms with Crippen LogP contribution in [0.4, 0.5) is 18.9 Å². The van der Waals surface area contributed by atoms with E-state index in [4.69, 9.17) is 0 Å². The second kappa shape index (κ2) is 9.84. The molecule has 188 valence electrons. The first-order valence-electron chi connectivity index (χ1n) is 11.3. The lowest BCUT2D eigenvalue weighted by atomic mass is 10.1. The summed E-state index contributed by atoms with van der Waals surface area (Å²) in [5.74, 6) is -0.713. The number of nitrogens with zero attached hydrogens (tertiary/aromatic N) is 4. The molecule has 0 bridgehead atoms. The van der Waals surface area contributed by atoms with Gasteiger partial charge >= 0.3 is 11.9 Å². The van der Waals surface area contributed by atoms with Crippen LogP contribution >= 0.6 is 0 Å². The number of amides is 1. The minimum absolute atomic E-state index is 0.0579. The Labute approximate surface area is 203 Å². The number of nitrogens with one attached hydrogen (secondary N) is 1. The Bertz CT molecular complexity index is 1540. The Morgan fingerprint density at radius 2 is 1.72 bits per heavy atom. The average molecular weight is 499 g/mol. The Balaban J connectivity index is 1.73. The summed E-state index contributed by atoms with van der Waals surface area (Å²) in [6.45, 7) is 3.37. The van der Waals surface area contributed by atoms with Crippen molar-refractivity contribution in [3.63, 3.8) is 0 Å². The number of halogens is 3. The fourth-order valence-electron chi connectivity index (χ4n) is 4.14. The molecule has 0 spiro atoms. The number of hydrogen-bond donors (Lipinski definition) is 1. The number of rotatable bonds is 7. The molecule has 8 nitrogen and oxygen atoms in total. The maximum Gasteiger partial charge on any atom is 0.416 e. The Morgan fingerprint density at radius 1 is 1.00 bits per heavy atom. The molecule has 36 heavy (non-hydrogen) atoms. The average Bonchev–Trinajstić information content (AvgIpc) is 3.18. The Morgan fingerprint density at radius 3 is 2.39 bits per heavy atom. The molecule has 0 atom stereocenters. The van der Waals surface area contributed by atoms with Crippen LogP contribution < -0.4 is 16.6 Å². The van der Waals surface area contributed by atoms with Crippen LogP contribution in [-0.4, -0.2) is 24.8 Å². The summed E-state index contributed by atoms with van der Waals surface area (Å²) in [5.41, 5.74) is -0.436. The number of benzene rings is 2. The number of anilines is 1. The van der Waals surface area contributed by atoms with E-state index in [9.17, 15) is 27.6 Å². The van der Waals surface area contributed by atoms with Crippen LogP contribution in [0.3, 0.4) is 0 Å². The first-order chi connectivity index (χ1) is 17.1. The van der Waals surface area contributed by atoms with Crippen LogP contribution in [0.5, 0.6) is 0 Å². The monoisotopic (exact) mass is 499 g/mol. The van der Waals surface area contributed by atoms with Gasteiger partial charge < -0.3 is 5.32 Å². The first-order valence-corrected chi connectivity index (χ1v) is 11.3. The highest BCUT2D eigenvalue weighted by Gasteiger charge is 2.30. The van der Waals surface area contributed by atoms with Gasteiger partial charge in [0.15, 0.2) is 5.52 Å². The van der Waals surface area contributed by atoms with Gasteiger partial charge in [0.1, 0.15) is 12.1 Å². The molecule has 0 saturated carbocycles. The number of alkyl halides is 3. The number of aryl methyl sites for hydroxylation is 3. The zero-order valence-electron chi connectivity index (χ0n) is 19.7. The molecule has 0 aliphatic rings. The third-order valence-electron chi connectivity index (χ3n) is 5.82. The standard InChI is InChI=1S/C25H24F3N5O3/c1-3-33-22-21(16(2)30-33)32(15-20(34)29-19-11-7-10-18(14-19)25(26,27)28)24(36)31(23(22)35)13-12-17-8-5-4-6-9-17/h4-11,14H,3,12-13,15H2,1-2H3,(H,29,34). The second-order valence-corrected chi connectivity index (χ2v) is 8.29. The number of carbonyl (C=O) groups excluding carboxylic acids is 1. The topological polar surface area (TPSA) is 90.9 Å². The molecule has 4 rings (SSSR count). The first kappa shape index (κ1) is 25.0. The predicted octanol–water partition coefficient (Wildman–Crippen LogP) is 3.59. The largest absolute Gasteiger partial charge is 0.416 e. The normalized spacial score (nSPS) is 11.7. The summed E-state index contributed by atoms with van der Waals surface area (Å²) in [7, 11) is 0. The van der Waals surface area contributed by atoms with E-state index in [2.05, 4.69) is 10.4 Å². The fraction of sp³-hybridized carbons (Fsp3) is 0.280. The number of carbonyl (C=O) groups is 1. The van der Waals surface area contributed by atoms with Crippen molar-refractivity contribution in [1.82, 2.24) is 18.9 Å². The van der Waals surface area contributed by atoms with E-state index in [1.165, 1.54) is 16.8 Å². The molecule has 1 N–H and O–H groups in total. The van der Waals surface area contributed by atoms with Gasteiger partial charge in [-0.05, 0) is 44.0 Å². The van der Waals surface area contributed by atoms with Crippen molar-refractivity contribution in [2.45, 2.75) is 46.1 Å². The molecule has 2 heterocycles. The molecule has 0 radical (unpaired) electrons. The number of fused-ring (bicyclic) bond motifs is 1. The molecule has 1 amide bonds. The number of aromatic nitrogens is 4. The lowest BCUT2D eigenvalue weighted by molar-refractivity contribution is -0.137. The van der Waals surface area contributed by atoms with Crippen LogP contribution in [0, 0.1) is 6.92 Å². The van der Waals surface area contributed by atoms with Gasteiger partial charge in [-0.2, -0.15) is 18.3 Å². The van der Waals surface area contributed by atoms with Gasteiger partial charge in [0.05, 0.1) is 11.3 Å². The van der Waals surface area contributed by atoms with Crippen LogP contribution in [0.1, 0.15) is 23.7 Å². The summed E-state index contributed by atoms with van der Waals surface area (Å²) >= 11 is 0. The third kappa shape index (κ3) is 4.95. The molecule has 2 aromatic heterocycles. The van der Waals surface area contributed by atoms with Crippen molar-refractivity contribution in [1.29, 1.82) is 0 Å². The number of hydrogen-bond acceptors (Lipinski definition) is 4. The zero-order chi connectivity index (χ0) is 26.0. The van der Waals surface area contributed by atoms with Crippen LogP contribution in [0.15, 0.2) is 64.2 Å². The van der Waals surface area contributed by atoms with Crippen LogP contribution in [-0.2, 0) is 37.0 Å². The van der Waals surface area contributed by atoms with E-state index >= 15 is 0 Å². The van der Waals surface area contributed by atoms with E-state index < -0.39 is 35.4 Å². The minimum atomic E-state index is -4.57. The SMILES string of the molecule is CCn1nc(C)c2c1c(=O)n(CCc1ccccc1)c(=O)n2CC(=O)Nc1cccc(C(F)(F)F)c1. The summed E-state index contributed by atoms with van der Waals surface area (Å²) in [4.78, 5) is 39.5. The summed E-state index contributed by atoms with van der Waals surface area (Å²) in [6, 6.07) is 13.6. The maximum atomic E-state index is 13.4. The lowest BCUT2D eigenvalue weighted by Crippen LogP contribution is -2.42. The summed E-state index contributed by atoms with van der Waals surface area (Å²) in [6.07, 6.45) is -4.15. The summed E-state index contributed by atoms with van der Waals surface area (Å²) in [5, 5.41) is 6.76. The molecule has 4 aromatic rings. The van der Waals surface area contributed by atoms with E-state index in [1.807, 2.05) is 30.3 Å². The molecule has 0 unspecified atom stereocenters. The highest BCUT2D eigenvalue weighted by atomic mass is 19.4. The van der Waals surface area contributed by atoms with Gasteiger partial charge in [0, 0.05) is 18.8 Å². The van der Waals surface area contributed by atoms with Gasteiger partial charge in [-0.25, -0.2) is 4.79 Å². The van der Waals surface area contributed by atoms with E-state index in [0.29, 0.717) is 18.7 Å². The van der Waals surface area contributed by atoms with Crippen molar-refractivity contribution in [2.75, 3.05) is 5.32 Å². The molecule has 11 heteroatoms. The Hall–Kier alpha value is -4.15. The van der Waals surface area contributed by atoms with Gasteiger partial charge in [0.25, 0.3) is 5.56 Å².